The SMILES string of the molecule is CC(C)OC(=O)c1ccc(N2C(=O)C(=O)/C(=C(\O)c3c[nH]c4ccccc34)C2c2ccncc2)cc1. The van der Waals surface area contributed by atoms with Crippen molar-refractivity contribution in [3.05, 3.63) is 102 Å². The van der Waals surface area contributed by atoms with Gasteiger partial charge in [0, 0.05) is 40.7 Å². The molecule has 0 aliphatic carbocycles. The van der Waals surface area contributed by atoms with Crippen molar-refractivity contribution >= 4 is 40.0 Å². The molecule has 1 amide bonds. The lowest BCUT2D eigenvalue weighted by Crippen LogP contribution is -2.29. The number of Topliss-reactive ketones (excluding diaryl/α,β-unsaturated/α-hetero) is 1. The van der Waals surface area contributed by atoms with Crippen LogP contribution in [0.25, 0.3) is 16.7 Å². The van der Waals surface area contributed by atoms with Gasteiger partial charge in [0.2, 0.25) is 0 Å². The van der Waals surface area contributed by atoms with Crippen LogP contribution < -0.4 is 4.90 Å². The van der Waals surface area contributed by atoms with Crippen LogP contribution in [-0.2, 0) is 14.3 Å². The van der Waals surface area contributed by atoms with E-state index in [4.69, 9.17) is 4.74 Å². The van der Waals surface area contributed by atoms with Gasteiger partial charge in [0.05, 0.1) is 23.3 Å². The molecule has 8 heteroatoms. The van der Waals surface area contributed by atoms with Gasteiger partial charge in [-0.15, -0.1) is 0 Å². The van der Waals surface area contributed by atoms with E-state index in [-0.39, 0.29) is 17.4 Å². The molecule has 0 spiro atoms. The van der Waals surface area contributed by atoms with Gasteiger partial charge >= 0.3 is 5.97 Å². The molecule has 1 atom stereocenters. The lowest BCUT2D eigenvalue weighted by atomic mass is 9.95. The third-order valence-corrected chi connectivity index (χ3v) is 6.03. The van der Waals surface area contributed by atoms with Crippen LogP contribution in [0.2, 0.25) is 0 Å². The number of pyridine rings is 1. The summed E-state index contributed by atoms with van der Waals surface area (Å²) >= 11 is 0. The lowest BCUT2D eigenvalue weighted by molar-refractivity contribution is -0.132. The highest BCUT2D eigenvalue weighted by Crippen LogP contribution is 2.42. The molecule has 4 aromatic rings. The number of nitrogens with one attached hydrogen (secondary N) is 1. The molecular weight excluding hydrogens is 458 g/mol. The zero-order valence-electron chi connectivity index (χ0n) is 19.6. The van der Waals surface area contributed by atoms with Gasteiger partial charge < -0.3 is 14.8 Å². The number of para-hydroxylation sites is 1. The molecule has 1 unspecified atom stereocenters. The summed E-state index contributed by atoms with van der Waals surface area (Å²) in [5.74, 6) is -2.34. The number of H-pyrrole nitrogens is 1. The Labute approximate surface area is 206 Å². The Hall–Kier alpha value is -4.72. The molecule has 2 aromatic carbocycles. The van der Waals surface area contributed by atoms with Gasteiger partial charge in [0.1, 0.15) is 5.76 Å². The van der Waals surface area contributed by atoms with E-state index in [1.165, 1.54) is 4.90 Å². The number of fused-ring (bicyclic) bond motifs is 1. The van der Waals surface area contributed by atoms with Gasteiger partial charge in [0.15, 0.2) is 0 Å². The van der Waals surface area contributed by atoms with Crippen LogP contribution in [0.3, 0.4) is 0 Å². The maximum atomic E-state index is 13.3. The van der Waals surface area contributed by atoms with Crippen LogP contribution >= 0.6 is 0 Å². The van der Waals surface area contributed by atoms with Crippen LogP contribution in [0, 0.1) is 0 Å². The molecule has 8 nitrogen and oxygen atoms in total. The molecule has 2 N–H and O–H groups in total. The molecule has 0 radical (unpaired) electrons. The first-order valence-corrected chi connectivity index (χ1v) is 11.4. The highest BCUT2D eigenvalue weighted by molar-refractivity contribution is 6.51. The third-order valence-electron chi connectivity index (χ3n) is 6.03. The largest absolute Gasteiger partial charge is 0.507 e. The quantitative estimate of drug-likeness (QED) is 0.184. The zero-order valence-corrected chi connectivity index (χ0v) is 19.6. The fourth-order valence-corrected chi connectivity index (χ4v) is 4.41. The Balaban J connectivity index is 1.64. The number of carbonyl (C=O) groups excluding carboxylic acids is 3. The first kappa shape index (κ1) is 23.0. The van der Waals surface area contributed by atoms with Crippen molar-refractivity contribution in [3.8, 4) is 0 Å². The van der Waals surface area contributed by atoms with Crippen molar-refractivity contribution in [2.75, 3.05) is 4.90 Å². The van der Waals surface area contributed by atoms with Gasteiger partial charge in [-0.2, -0.15) is 0 Å². The highest BCUT2D eigenvalue weighted by atomic mass is 16.5. The normalized spacial score (nSPS) is 17.2. The average Bonchev–Trinajstić information content (AvgIpc) is 3.43. The van der Waals surface area contributed by atoms with E-state index >= 15 is 0 Å². The third kappa shape index (κ3) is 3.92. The van der Waals surface area contributed by atoms with E-state index in [9.17, 15) is 19.5 Å². The molecule has 1 saturated heterocycles. The van der Waals surface area contributed by atoms with E-state index in [0.29, 0.717) is 22.4 Å². The summed E-state index contributed by atoms with van der Waals surface area (Å²) in [7, 11) is 0. The van der Waals surface area contributed by atoms with E-state index in [0.717, 1.165) is 10.9 Å². The number of rotatable bonds is 5. The number of anilines is 1. The first-order chi connectivity index (χ1) is 17.4. The minimum atomic E-state index is -0.893. The molecule has 36 heavy (non-hydrogen) atoms. The van der Waals surface area contributed by atoms with Crippen LogP contribution in [0.15, 0.2) is 84.8 Å². The standard InChI is InChI=1S/C28H23N3O5/c1-16(2)36-28(35)18-7-9-19(10-8-18)31-24(17-11-13-29-14-12-17)23(26(33)27(31)34)25(32)21-15-30-22-6-4-3-5-20(21)22/h3-16,24,30,32H,1-2H3/b25-23-. The second-order valence-electron chi connectivity index (χ2n) is 8.70. The molecule has 0 bridgehead atoms. The van der Waals surface area contributed by atoms with Gasteiger partial charge in [0.25, 0.3) is 11.7 Å². The number of benzene rings is 2. The Morgan fingerprint density at radius 1 is 1.03 bits per heavy atom. The van der Waals surface area contributed by atoms with E-state index in [2.05, 4.69) is 9.97 Å². The molecule has 180 valence electrons. The van der Waals surface area contributed by atoms with Crippen molar-refractivity contribution in [2.45, 2.75) is 26.0 Å². The van der Waals surface area contributed by atoms with Gasteiger partial charge in [-0.1, -0.05) is 18.2 Å². The number of hydrogen-bond acceptors (Lipinski definition) is 6. The summed E-state index contributed by atoms with van der Waals surface area (Å²) < 4.78 is 5.23. The number of ether oxygens (including phenoxy) is 1. The first-order valence-electron chi connectivity index (χ1n) is 11.4. The van der Waals surface area contributed by atoms with Gasteiger partial charge in [-0.05, 0) is 61.9 Å². The minimum absolute atomic E-state index is 0.0285. The second kappa shape index (κ2) is 9.14. The number of aliphatic hydroxyl groups is 1. The Morgan fingerprint density at radius 2 is 1.72 bits per heavy atom. The summed E-state index contributed by atoms with van der Waals surface area (Å²) in [4.78, 5) is 47.4. The fourth-order valence-electron chi connectivity index (χ4n) is 4.41. The molecule has 1 aliphatic heterocycles. The van der Waals surface area contributed by atoms with Crippen LogP contribution in [0.4, 0.5) is 5.69 Å². The maximum absolute atomic E-state index is 13.3. The number of hydrogen-bond donors (Lipinski definition) is 2. The van der Waals surface area contributed by atoms with E-state index < -0.39 is 23.7 Å². The molecule has 2 aromatic heterocycles. The number of aromatic nitrogens is 2. The monoisotopic (exact) mass is 481 g/mol. The second-order valence-corrected chi connectivity index (χ2v) is 8.70. The Bertz CT molecular complexity index is 1500. The van der Waals surface area contributed by atoms with Crippen LogP contribution in [-0.4, -0.2) is 38.8 Å². The molecule has 0 saturated carbocycles. The number of aliphatic hydroxyl groups excluding tert-OH is 1. The summed E-state index contributed by atoms with van der Waals surface area (Å²) in [5.41, 5.74) is 2.52. The Kier molecular flexibility index (Phi) is 5.85. The molecule has 1 aliphatic rings. The van der Waals surface area contributed by atoms with Gasteiger partial charge in [-0.3, -0.25) is 19.5 Å². The van der Waals surface area contributed by atoms with Crippen LogP contribution in [0.1, 0.15) is 41.4 Å². The van der Waals surface area contributed by atoms with Crippen molar-refractivity contribution < 1.29 is 24.2 Å². The lowest BCUT2D eigenvalue weighted by Gasteiger charge is -2.25. The predicted octanol–water partition coefficient (Wildman–Crippen LogP) is 4.75. The van der Waals surface area contributed by atoms with Crippen molar-refractivity contribution in [3.63, 3.8) is 0 Å². The predicted molar refractivity (Wildman–Crippen MR) is 134 cm³/mol. The topological polar surface area (TPSA) is 113 Å². The van der Waals surface area contributed by atoms with Gasteiger partial charge in [-0.25, -0.2) is 4.79 Å². The average molecular weight is 482 g/mol. The number of amides is 1. The number of aromatic amines is 1. The summed E-state index contributed by atoms with van der Waals surface area (Å²) in [6, 6.07) is 16.1. The summed E-state index contributed by atoms with van der Waals surface area (Å²) in [5, 5.41) is 12.1. The number of carbonyl (C=O) groups is 3. The van der Waals surface area contributed by atoms with Crippen molar-refractivity contribution in [1.29, 1.82) is 0 Å². The molecular formula is C28H23N3O5. The van der Waals surface area contributed by atoms with Crippen LogP contribution in [0.5, 0.6) is 0 Å². The molecule has 5 rings (SSSR count). The number of nitrogens with zero attached hydrogens (tertiary/aromatic N) is 2. The molecule has 1 fully saturated rings. The summed E-state index contributed by atoms with van der Waals surface area (Å²) in [6.07, 6.45) is 4.47. The number of esters is 1. The Morgan fingerprint density at radius 3 is 2.42 bits per heavy atom. The fraction of sp³-hybridized carbons (Fsp3) is 0.143. The maximum Gasteiger partial charge on any atom is 0.338 e. The smallest absolute Gasteiger partial charge is 0.338 e. The van der Waals surface area contributed by atoms with Crippen molar-refractivity contribution in [1.82, 2.24) is 9.97 Å². The minimum Gasteiger partial charge on any atom is -0.507 e. The zero-order chi connectivity index (χ0) is 25.4. The highest BCUT2D eigenvalue weighted by Gasteiger charge is 2.47. The van der Waals surface area contributed by atoms with Crippen molar-refractivity contribution in [2.24, 2.45) is 0 Å². The summed E-state index contributed by atoms with van der Waals surface area (Å²) in [6.45, 7) is 3.52. The molecule has 3 heterocycles. The number of ketones is 1. The van der Waals surface area contributed by atoms with E-state index in [1.807, 2.05) is 24.3 Å². The van der Waals surface area contributed by atoms with E-state index in [1.54, 1.807) is 68.8 Å².